The molecule has 1 aliphatic rings. The summed E-state index contributed by atoms with van der Waals surface area (Å²) in [6.45, 7) is 8.84. The molecule has 3 aromatic rings. The largest absolute Gasteiger partial charge is 0.455 e. The number of carbonyl (C=O) groups excluding carboxylic acids is 1. The minimum atomic E-state index is 0.0328. The number of piperidine rings is 1. The third-order valence-electron chi connectivity index (χ3n) is 5.69. The Hall–Kier alpha value is -2.64. The van der Waals surface area contributed by atoms with Crippen LogP contribution in [0.4, 0.5) is 0 Å². The van der Waals surface area contributed by atoms with E-state index in [4.69, 9.17) is 4.42 Å². The first kappa shape index (κ1) is 18.7. The van der Waals surface area contributed by atoms with Crippen LogP contribution in [0.3, 0.4) is 0 Å². The van der Waals surface area contributed by atoms with Crippen LogP contribution in [-0.2, 0) is 0 Å². The van der Waals surface area contributed by atoms with Crippen LogP contribution in [-0.4, -0.2) is 16.9 Å². The average Bonchev–Trinajstić information content (AvgIpc) is 2.96. The lowest BCUT2D eigenvalue weighted by atomic mass is 9.74. The number of Topliss-reactive ketones (excluding diaryl/α,β-unsaturated/α-hetero) is 1. The zero-order valence-corrected chi connectivity index (χ0v) is 16.9. The second-order valence-electron chi connectivity index (χ2n) is 9.40. The minimum Gasteiger partial charge on any atom is -0.455 e. The molecule has 28 heavy (non-hydrogen) atoms. The van der Waals surface area contributed by atoms with Crippen molar-refractivity contribution in [3.63, 3.8) is 0 Å². The smallest absolute Gasteiger partial charge is 0.163 e. The van der Waals surface area contributed by atoms with Crippen molar-refractivity contribution in [3.05, 3.63) is 47.5 Å². The Labute approximate surface area is 165 Å². The number of rotatable bonds is 3. The van der Waals surface area contributed by atoms with Crippen LogP contribution in [0.2, 0.25) is 0 Å². The van der Waals surface area contributed by atoms with Gasteiger partial charge in [0.25, 0.3) is 0 Å². The van der Waals surface area contributed by atoms with E-state index in [1.165, 1.54) is 0 Å². The number of nitriles is 1. The van der Waals surface area contributed by atoms with E-state index in [0.29, 0.717) is 34.6 Å². The zero-order valence-electron chi connectivity index (χ0n) is 16.9. The molecule has 4 rings (SSSR count). The second-order valence-corrected chi connectivity index (χ2v) is 9.40. The monoisotopic (exact) mass is 374 g/mol. The molecular weight excluding hydrogens is 348 g/mol. The van der Waals surface area contributed by atoms with Gasteiger partial charge in [-0.1, -0.05) is 12.1 Å². The van der Waals surface area contributed by atoms with Gasteiger partial charge in [-0.15, -0.1) is 0 Å². The topological polar surface area (TPSA) is 66.0 Å². The lowest BCUT2D eigenvalue weighted by Gasteiger charge is -2.46. The molecule has 1 saturated heterocycles. The summed E-state index contributed by atoms with van der Waals surface area (Å²) in [6, 6.07) is 13.3. The molecule has 2 aromatic carbocycles. The van der Waals surface area contributed by atoms with Crippen LogP contribution in [0, 0.1) is 17.2 Å². The number of carbonyl (C=O) groups is 1. The van der Waals surface area contributed by atoms with Crippen LogP contribution < -0.4 is 5.32 Å². The molecule has 0 saturated carbocycles. The van der Waals surface area contributed by atoms with E-state index in [9.17, 15) is 10.1 Å². The molecule has 144 valence electrons. The van der Waals surface area contributed by atoms with Gasteiger partial charge in [-0.3, -0.25) is 4.79 Å². The van der Waals surface area contributed by atoms with Crippen LogP contribution in [0.25, 0.3) is 21.9 Å². The summed E-state index contributed by atoms with van der Waals surface area (Å²) in [5, 5.41) is 14.8. The quantitative estimate of drug-likeness (QED) is 0.607. The number of hydrogen-bond acceptors (Lipinski definition) is 4. The number of ketones is 1. The predicted molar refractivity (Wildman–Crippen MR) is 111 cm³/mol. The SMILES string of the molecule is CC1(C)CC(CC(=O)c2ccc3oc4c(C#N)cccc4c3c2)CC(C)(C)N1. The highest BCUT2D eigenvalue weighted by Crippen LogP contribution is 2.36. The first-order valence-electron chi connectivity index (χ1n) is 9.85. The van der Waals surface area contributed by atoms with Crippen molar-refractivity contribution < 1.29 is 9.21 Å². The number of furan rings is 1. The molecule has 1 aromatic heterocycles. The summed E-state index contributed by atoms with van der Waals surface area (Å²) in [5.41, 5.74) is 2.59. The molecular formula is C24H26N2O2. The van der Waals surface area contributed by atoms with Gasteiger partial charge in [0.05, 0.1) is 5.56 Å². The predicted octanol–water partition coefficient (Wildman–Crippen LogP) is 5.59. The molecule has 0 radical (unpaired) electrons. The van der Waals surface area contributed by atoms with Gasteiger partial charge < -0.3 is 9.73 Å². The molecule has 0 amide bonds. The number of nitrogens with one attached hydrogen (secondary N) is 1. The Morgan fingerprint density at radius 1 is 1.14 bits per heavy atom. The van der Waals surface area contributed by atoms with E-state index in [1.807, 2.05) is 30.3 Å². The molecule has 0 bridgehead atoms. The van der Waals surface area contributed by atoms with Gasteiger partial charge in [0, 0.05) is 33.8 Å². The lowest BCUT2D eigenvalue weighted by Crippen LogP contribution is -2.57. The molecule has 1 N–H and O–H groups in total. The molecule has 0 spiro atoms. The van der Waals surface area contributed by atoms with Gasteiger partial charge >= 0.3 is 0 Å². The van der Waals surface area contributed by atoms with E-state index < -0.39 is 0 Å². The van der Waals surface area contributed by atoms with Crippen molar-refractivity contribution in [2.45, 2.75) is 58.0 Å². The molecule has 0 atom stereocenters. The number of para-hydroxylation sites is 1. The number of nitrogens with zero attached hydrogens (tertiary/aromatic N) is 1. The van der Waals surface area contributed by atoms with Gasteiger partial charge in [-0.05, 0) is 70.7 Å². The molecule has 1 aliphatic heterocycles. The fourth-order valence-corrected chi connectivity index (χ4v) is 5.12. The van der Waals surface area contributed by atoms with Gasteiger partial charge in [0.15, 0.2) is 11.4 Å². The number of fused-ring (bicyclic) bond motifs is 3. The molecule has 2 heterocycles. The Balaban J connectivity index is 1.65. The van der Waals surface area contributed by atoms with E-state index in [1.54, 1.807) is 6.07 Å². The molecule has 4 heteroatoms. The highest BCUT2D eigenvalue weighted by molar-refractivity contribution is 6.09. The third-order valence-corrected chi connectivity index (χ3v) is 5.69. The van der Waals surface area contributed by atoms with Gasteiger partial charge in [-0.2, -0.15) is 5.26 Å². The fraction of sp³-hybridized carbons (Fsp3) is 0.417. The maximum absolute atomic E-state index is 13.1. The van der Waals surface area contributed by atoms with Crippen molar-refractivity contribution >= 4 is 27.7 Å². The van der Waals surface area contributed by atoms with E-state index in [0.717, 1.165) is 23.6 Å². The number of hydrogen-bond donors (Lipinski definition) is 1. The van der Waals surface area contributed by atoms with Gasteiger partial charge in [0.2, 0.25) is 0 Å². The summed E-state index contributed by atoms with van der Waals surface area (Å²) in [4.78, 5) is 13.1. The van der Waals surface area contributed by atoms with Crippen molar-refractivity contribution in [2.24, 2.45) is 5.92 Å². The van der Waals surface area contributed by atoms with Crippen molar-refractivity contribution in [1.82, 2.24) is 5.32 Å². The Bertz CT molecular complexity index is 1100. The molecule has 1 fully saturated rings. The van der Waals surface area contributed by atoms with Crippen molar-refractivity contribution in [3.8, 4) is 6.07 Å². The summed E-state index contributed by atoms with van der Waals surface area (Å²) in [6.07, 6.45) is 2.54. The fourth-order valence-electron chi connectivity index (χ4n) is 5.12. The Kier molecular flexibility index (Phi) is 4.32. The normalized spacial score (nSPS) is 19.0. The Morgan fingerprint density at radius 2 is 1.86 bits per heavy atom. The lowest BCUT2D eigenvalue weighted by molar-refractivity contribution is 0.0864. The first-order valence-corrected chi connectivity index (χ1v) is 9.85. The standard InChI is InChI=1S/C24H26N2O2/c1-23(2)12-15(13-24(3,4)26-23)10-20(27)16-8-9-21-19(11-16)18-7-5-6-17(14-25)22(18)28-21/h5-9,11,15,26H,10,12-13H2,1-4H3. The molecule has 0 unspecified atom stereocenters. The highest BCUT2D eigenvalue weighted by Gasteiger charge is 2.38. The second kappa shape index (κ2) is 6.46. The van der Waals surface area contributed by atoms with Crippen molar-refractivity contribution in [1.29, 1.82) is 5.26 Å². The van der Waals surface area contributed by atoms with Crippen LogP contribution in [0.1, 0.15) is 62.9 Å². The zero-order chi connectivity index (χ0) is 20.1. The Morgan fingerprint density at radius 3 is 2.54 bits per heavy atom. The minimum absolute atomic E-state index is 0.0328. The van der Waals surface area contributed by atoms with E-state index >= 15 is 0 Å². The first-order chi connectivity index (χ1) is 13.2. The maximum Gasteiger partial charge on any atom is 0.163 e. The highest BCUT2D eigenvalue weighted by atomic mass is 16.3. The van der Waals surface area contributed by atoms with Gasteiger partial charge in [0.1, 0.15) is 11.7 Å². The summed E-state index contributed by atoms with van der Waals surface area (Å²) in [7, 11) is 0. The third kappa shape index (κ3) is 3.43. The van der Waals surface area contributed by atoms with E-state index in [-0.39, 0.29) is 16.9 Å². The van der Waals surface area contributed by atoms with Crippen LogP contribution in [0.15, 0.2) is 40.8 Å². The van der Waals surface area contributed by atoms with E-state index in [2.05, 4.69) is 39.1 Å². The molecule has 0 aliphatic carbocycles. The maximum atomic E-state index is 13.1. The summed E-state index contributed by atoms with van der Waals surface area (Å²) < 4.78 is 5.87. The summed E-state index contributed by atoms with van der Waals surface area (Å²) >= 11 is 0. The number of benzene rings is 2. The van der Waals surface area contributed by atoms with Crippen LogP contribution in [0.5, 0.6) is 0 Å². The van der Waals surface area contributed by atoms with Crippen molar-refractivity contribution in [2.75, 3.05) is 0 Å². The molecule has 4 nitrogen and oxygen atoms in total. The van der Waals surface area contributed by atoms with Gasteiger partial charge in [-0.25, -0.2) is 0 Å². The van der Waals surface area contributed by atoms with Crippen LogP contribution >= 0.6 is 0 Å². The average molecular weight is 374 g/mol. The summed E-state index contributed by atoms with van der Waals surface area (Å²) in [5.74, 6) is 0.534.